The van der Waals surface area contributed by atoms with Gasteiger partial charge in [-0.15, -0.1) is 0 Å². The highest BCUT2D eigenvalue weighted by Crippen LogP contribution is 2.36. The van der Waals surface area contributed by atoms with E-state index in [2.05, 4.69) is 20.8 Å². The highest BCUT2D eigenvalue weighted by atomic mass is 16.4. The minimum absolute atomic E-state index is 0.0158. The van der Waals surface area contributed by atoms with Gasteiger partial charge in [-0.3, -0.25) is 4.79 Å². The molecular formula is C15H22O2. The van der Waals surface area contributed by atoms with Gasteiger partial charge in [0.1, 0.15) is 0 Å². The van der Waals surface area contributed by atoms with E-state index >= 15 is 0 Å². The van der Waals surface area contributed by atoms with Gasteiger partial charge < -0.3 is 5.11 Å². The average molecular weight is 234 g/mol. The third kappa shape index (κ3) is 4.22. The Morgan fingerprint density at radius 1 is 1.12 bits per heavy atom. The van der Waals surface area contributed by atoms with Gasteiger partial charge in [0.25, 0.3) is 0 Å². The van der Waals surface area contributed by atoms with E-state index in [9.17, 15) is 9.90 Å². The summed E-state index contributed by atoms with van der Waals surface area (Å²) in [4.78, 5) is 11.5. The van der Waals surface area contributed by atoms with Crippen molar-refractivity contribution >= 4 is 5.97 Å². The first-order valence-corrected chi connectivity index (χ1v) is 6.00. The molecule has 1 aromatic rings. The van der Waals surface area contributed by atoms with Crippen molar-refractivity contribution in [2.45, 2.75) is 40.5 Å². The Kier molecular flexibility index (Phi) is 3.97. The van der Waals surface area contributed by atoms with Gasteiger partial charge in [0, 0.05) is 0 Å². The van der Waals surface area contributed by atoms with Gasteiger partial charge in [0.05, 0.1) is 5.41 Å². The molecule has 0 aliphatic carbocycles. The van der Waals surface area contributed by atoms with Crippen molar-refractivity contribution in [3.8, 4) is 0 Å². The third-order valence-corrected chi connectivity index (χ3v) is 2.87. The van der Waals surface area contributed by atoms with Crippen LogP contribution in [0.25, 0.3) is 0 Å². The molecule has 1 atom stereocenters. The van der Waals surface area contributed by atoms with Crippen molar-refractivity contribution < 1.29 is 9.90 Å². The van der Waals surface area contributed by atoms with Crippen LogP contribution >= 0.6 is 0 Å². The molecule has 0 spiro atoms. The standard InChI is InChI=1S/C15H22O2/c1-14(2,3)11-15(4,13(16)17)10-12-8-6-5-7-9-12/h5-9H,10-11H2,1-4H3,(H,16,17)/t15-/m0/s1. The lowest BCUT2D eigenvalue weighted by Gasteiger charge is -2.32. The molecule has 0 aromatic heterocycles. The first-order valence-electron chi connectivity index (χ1n) is 6.00. The van der Waals surface area contributed by atoms with Crippen LogP contribution in [0.5, 0.6) is 0 Å². The monoisotopic (exact) mass is 234 g/mol. The number of hydrogen-bond donors (Lipinski definition) is 1. The zero-order valence-electron chi connectivity index (χ0n) is 11.2. The molecule has 1 N–H and O–H groups in total. The summed E-state index contributed by atoms with van der Waals surface area (Å²) in [5, 5.41) is 9.46. The van der Waals surface area contributed by atoms with E-state index in [-0.39, 0.29) is 5.41 Å². The summed E-state index contributed by atoms with van der Waals surface area (Å²) in [7, 11) is 0. The van der Waals surface area contributed by atoms with E-state index in [1.165, 1.54) is 0 Å². The number of carboxylic acids is 1. The first kappa shape index (κ1) is 13.8. The Bertz CT molecular complexity index is 376. The number of hydrogen-bond acceptors (Lipinski definition) is 1. The lowest BCUT2D eigenvalue weighted by Crippen LogP contribution is -2.34. The minimum Gasteiger partial charge on any atom is -0.481 e. The molecule has 0 unspecified atom stereocenters. The molecule has 2 heteroatoms. The SMILES string of the molecule is CC(C)(C)C[C@](C)(Cc1ccccc1)C(=O)O. The molecule has 94 valence electrons. The molecule has 1 rings (SSSR count). The van der Waals surface area contributed by atoms with E-state index < -0.39 is 11.4 Å². The molecule has 17 heavy (non-hydrogen) atoms. The van der Waals surface area contributed by atoms with Crippen LogP contribution in [-0.2, 0) is 11.2 Å². The quantitative estimate of drug-likeness (QED) is 0.861. The van der Waals surface area contributed by atoms with Crippen LogP contribution in [0.15, 0.2) is 30.3 Å². The Balaban J connectivity index is 2.90. The Labute approximate surface area is 104 Å². The normalized spacial score (nSPS) is 15.3. The van der Waals surface area contributed by atoms with Crippen LogP contribution in [-0.4, -0.2) is 11.1 Å². The fraction of sp³-hybridized carbons (Fsp3) is 0.533. The van der Waals surface area contributed by atoms with E-state index in [1.807, 2.05) is 37.3 Å². The van der Waals surface area contributed by atoms with Gasteiger partial charge in [-0.05, 0) is 30.7 Å². The second-order valence-electron chi connectivity index (χ2n) is 6.27. The maximum absolute atomic E-state index is 11.5. The van der Waals surface area contributed by atoms with E-state index in [1.54, 1.807) is 0 Å². The molecule has 2 nitrogen and oxygen atoms in total. The van der Waals surface area contributed by atoms with Crippen molar-refractivity contribution in [2.24, 2.45) is 10.8 Å². The molecule has 0 heterocycles. The second kappa shape index (κ2) is 4.91. The van der Waals surface area contributed by atoms with Crippen LogP contribution in [0.2, 0.25) is 0 Å². The molecule has 0 aliphatic heterocycles. The lowest BCUT2D eigenvalue weighted by atomic mass is 9.72. The lowest BCUT2D eigenvalue weighted by molar-refractivity contribution is -0.149. The van der Waals surface area contributed by atoms with Crippen molar-refractivity contribution in [1.29, 1.82) is 0 Å². The van der Waals surface area contributed by atoms with Crippen LogP contribution in [0, 0.1) is 10.8 Å². The summed E-state index contributed by atoms with van der Waals surface area (Å²) in [6.07, 6.45) is 1.25. The summed E-state index contributed by atoms with van der Waals surface area (Å²) >= 11 is 0. The fourth-order valence-electron chi connectivity index (χ4n) is 2.43. The van der Waals surface area contributed by atoms with Gasteiger partial charge in [-0.2, -0.15) is 0 Å². The highest BCUT2D eigenvalue weighted by molar-refractivity contribution is 5.74. The van der Waals surface area contributed by atoms with Gasteiger partial charge in [-0.25, -0.2) is 0 Å². The molecule has 0 fully saturated rings. The van der Waals surface area contributed by atoms with E-state index in [4.69, 9.17) is 0 Å². The zero-order chi connectivity index (χ0) is 13.1. The maximum Gasteiger partial charge on any atom is 0.309 e. The summed E-state index contributed by atoms with van der Waals surface area (Å²) in [6, 6.07) is 9.84. The fourth-order valence-corrected chi connectivity index (χ4v) is 2.43. The Morgan fingerprint density at radius 2 is 1.65 bits per heavy atom. The molecule has 1 aromatic carbocycles. The first-order chi connectivity index (χ1) is 7.73. The van der Waals surface area contributed by atoms with Crippen molar-refractivity contribution in [1.82, 2.24) is 0 Å². The highest BCUT2D eigenvalue weighted by Gasteiger charge is 2.37. The van der Waals surface area contributed by atoms with Crippen molar-refractivity contribution in [2.75, 3.05) is 0 Å². The number of carboxylic acid groups (broad SMARTS) is 1. The van der Waals surface area contributed by atoms with Crippen LogP contribution in [0.1, 0.15) is 39.7 Å². The van der Waals surface area contributed by atoms with Crippen molar-refractivity contribution in [3.63, 3.8) is 0 Å². The molecular weight excluding hydrogens is 212 g/mol. The number of carbonyl (C=O) groups is 1. The topological polar surface area (TPSA) is 37.3 Å². The molecule has 0 bridgehead atoms. The van der Waals surface area contributed by atoms with Crippen molar-refractivity contribution in [3.05, 3.63) is 35.9 Å². The minimum atomic E-state index is -0.712. The smallest absolute Gasteiger partial charge is 0.309 e. The van der Waals surface area contributed by atoms with Crippen LogP contribution in [0.3, 0.4) is 0 Å². The zero-order valence-corrected chi connectivity index (χ0v) is 11.2. The van der Waals surface area contributed by atoms with E-state index in [0.29, 0.717) is 12.8 Å². The van der Waals surface area contributed by atoms with Gasteiger partial charge in [0.15, 0.2) is 0 Å². The number of benzene rings is 1. The van der Waals surface area contributed by atoms with Crippen LogP contribution in [0.4, 0.5) is 0 Å². The molecule has 0 saturated carbocycles. The maximum atomic E-state index is 11.5. The average Bonchev–Trinajstić information content (AvgIpc) is 2.15. The molecule has 0 saturated heterocycles. The predicted octanol–water partition coefficient (Wildman–Crippen LogP) is 3.76. The van der Waals surface area contributed by atoms with E-state index in [0.717, 1.165) is 5.56 Å². The molecule has 0 amide bonds. The Morgan fingerprint density at radius 3 is 2.06 bits per heavy atom. The summed E-state index contributed by atoms with van der Waals surface area (Å²) < 4.78 is 0. The number of rotatable bonds is 4. The second-order valence-corrected chi connectivity index (χ2v) is 6.27. The number of aliphatic carboxylic acids is 1. The van der Waals surface area contributed by atoms with Crippen LogP contribution < -0.4 is 0 Å². The predicted molar refractivity (Wildman–Crippen MR) is 70.0 cm³/mol. The summed E-state index contributed by atoms with van der Waals surface area (Å²) in [6.45, 7) is 8.09. The summed E-state index contributed by atoms with van der Waals surface area (Å²) in [5.74, 6) is -0.712. The third-order valence-electron chi connectivity index (χ3n) is 2.87. The molecule has 0 radical (unpaired) electrons. The van der Waals surface area contributed by atoms with Gasteiger partial charge >= 0.3 is 5.97 Å². The van der Waals surface area contributed by atoms with Gasteiger partial charge in [-0.1, -0.05) is 51.1 Å². The molecule has 0 aliphatic rings. The Hall–Kier alpha value is -1.31. The summed E-state index contributed by atoms with van der Waals surface area (Å²) in [5.41, 5.74) is 0.406. The van der Waals surface area contributed by atoms with Gasteiger partial charge in [0.2, 0.25) is 0 Å². The largest absolute Gasteiger partial charge is 0.481 e.